The van der Waals surface area contributed by atoms with Crippen molar-refractivity contribution in [2.75, 3.05) is 13.2 Å². The molecular formula is C20H18O4. The first-order valence-electron chi connectivity index (χ1n) is 7.96. The second-order valence-electron chi connectivity index (χ2n) is 5.31. The Labute approximate surface area is 140 Å². The zero-order valence-corrected chi connectivity index (χ0v) is 13.7. The van der Waals surface area contributed by atoms with E-state index in [2.05, 4.69) is 0 Å². The molecule has 3 aromatic rings. The van der Waals surface area contributed by atoms with Gasteiger partial charge in [-0.2, -0.15) is 0 Å². The lowest BCUT2D eigenvalue weighted by atomic mass is 9.95. The molecule has 0 amide bonds. The van der Waals surface area contributed by atoms with Crippen LogP contribution in [0.25, 0.3) is 21.5 Å². The van der Waals surface area contributed by atoms with Gasteiger partial charge in [0.1, 0.15) is 0 Å². The third-order valence-electron chi connectivity index (χ3n) is 3.90. The molecule has 4 heteroatoms. The minimum Gasteiger partial charge on any atom is -0.462 e. The average Bonchev–Trinajstić information content (AvgIpc) is 2.60. The van der Waals surface area contributed by atoms with E-state index >= 15 is 0 Å². The fraction of sp³-hybridized carbons (Fsp3) is 0.200. The topological polar surface area (TPSA) is 52.6 Å². The molecule has 3 aromatic carbocycles. The summed E-state index contributed by atoms with van der Waals surface area (Å²) in [6.07, 6.45) is 0. The lowest BCUT2D eigenvalue weighted by molar-refractivity contribution is 0.0481. The van der Waals surface area contributed by atoms with Crippen molar-refractivity contribution in [1.29, 1.82) is 0 Å². The third kappa shape index (κ3) is 2.71. The number of benzene rings is 3. The number of ether oxygens (including phenoxy) is 2. The highest BCUT2D eigenvalue weighted by molar-refractivity contribution is 6.18. The molecule has 0 spiro atoms. The van der Waals surface area contributed by atoms with Gasteiger partial charge in [0.15, 0.2) is 0 Å². The molecule has 0 aliphatic carbocycles. The first-order valence-corrected chi connectivity index (χ1v) is 7.96. The molecule has 0 saturated heterocycles. The minimum atomic E-state index is -0.518. The van der Waals surface area contributed by atoms with Crippen LogP contribution in [0.15, 0.2) is 48.5 Å². The van der Waals surface area contributed by atoms with Crippen molar-refractivity contribution in [3.8, 4) is 0 Å². The van der Waals surface area contributed by atoms with Crippen molar-refractivity contribution in [2.45, 2.75) is 13.8 Å². The summed E-state index contributed by atoms with van der Waals surface area (Å²) in [5.41, 5.74) is 0.497. The Kier molecular flexibility index (Phi) is 4.47. The average molecular weight is 322 g/mol. The Balaban J connectivity index is 2.33. The number of rotatable bonds is 4. The van der Waals surface area contributed by atoms with Crippen LogP contribution in [-0.4, -0.2) is 25.2 Å². The largest absolute Gasteiger partial charge is 0.462 e. The van der Waals surface area contributed by atoms with E-state index in [4.69, 9.17) is 9.47 Å². The third-order valence-corrected chi connectivity index (χ3v) is 3.90. The van der Waals surface area contributed by atoms with Crippen molar-refractivity contribution < 1.29 is 19.1 Å². The highest BCUT2D eigenvalue weighted by Crippen LogP contribution is 2.30. The zero-order valence-electron chi connectivity index (χ0n) is 13.7. The van der Waals surface area contributed by atoms with Crippen LogP contribution >= 0.6 is 0 Å². The second-order valence-corrected chi connectivity index (χ2v) is 5.31. The molecule has 0 fully saturated rings. The smallest absolute Gasteiger partial charge is 0.339 e. The molecule has 0 N–H and O–H groups in total. The summed E-state index contributed by atoms with van der Waals surface area (Å²) in [4.78, 5) is 24.7. The lowest BCUT2D eigenvalue weighted by Crippen LogP contribution is -2.14. The van der Waals surface area contributed by atoms with Crippen molar-refractivity contribution in [2.24, 2.45) is 0 Å². The zero-order chi connectivity index (χ0) is 17.1. The number of hydrogen-bond donors (Lipinski definition) is 0. The molecule has 0 heterocycles. The Hall–Kier alpha value is -2.88. The number of carbonyl (C=O) groups is 2. The monoisotopic (exact) mass is 322 g/mol. The lowest BCUT2D eigenvalue weighted by Gasteiger charge is -2.13. The van der Waals surface area contributed by atoms with E-state index in [0.717, 1.165) is 16.2 Å². The fourth-order valence-electron chi connectivity index (χ4n) is 2.89. The van der Waals surface area contributed by atoms with Gasteiger partial charge in [0, 0.05) is 0 Å². The van der Waals surface area contributed by atoms with Crippen molar-refractivity contribution >= 4 is 33.5 Å². The van der Waals surface area contributed by atoms with Crippen LogP contribution in [0, 0.1) is 0 Å². The van der Waals surface area contributed by atoms with Gasteiger partial charge in [0.25, 0.3) is 0 Å². The Morgan fingerprint density at radius 1 is 0.750 bits per heavy atom. The highest BCUT2D eigenvalue weighted by Gasteiger charge is 2.22. The predicted molar refractivity (Wildman–Crippen MR) is 93.4 cm³/mol. The molecule has 0 aromatic heterocycles. The normalized spacial score (nSPS) is 10.8. The van der Waals surface area contributed by atoms with Crippen LogP contribution in [-0.2, 0) is 9.47 Å². The van der Waals surface area contributed by atoms with E-state index < -0.39 is 11.9 Å². The van der Waals surface area contributed by atoms with Gasteiger partial charge in [-0.05, 0) is 41.5 Å². The van der Waals surface area contributed by atoms with Gasteiger partial charge in [0.05, 0.1) is 24.3 Å². The molecule has 0 aliphatic rings. The van der Waals surface area contributed by atoms with Crippen LogP contribution < -0.4 is 0 Å². The quantitative estimate of drug-likeness (QED) is 0.529. The molecule has 122 valence electrons. The summed E-state index contributed by atoms with van der Waals surface area (Å²) >= 11 is 0. The summed E-state index contributed by atoms with van der Waals surface area (Å²) in [5, 5.41) is 3.70. The van der Waals surface area contributed by atoms with Crippen LogP contribution in [0.5, 0.6) is 0 Å². The van der Waals surface area contributed by atoms with Crippen LogP contribution in [0.4, 0.5) is 0 Å². The van der Waals surface area contributed by atoms with Crippen molar-refractivity contribution in [3.05, 3.63) is 59.7 Å². The van der Waals surface area contributed by atoms with Crippen LogP contribution in [0.1, 0.15) is 34.6 Å². The standard InChI is InChI=1S/C20H18O4/c1-3-23-19(21)17-12-11-15-14-8-6-5-7-13(14)9-10-16(15)18(17)20(22)24-4-2/h5-12H,3-4H2,1-2H3. The molecule has 0 aliphatic heterocycles. The van der Waals surface area contributed by atoms with E-state index in [1.165, 1.54) is 0 Å². The van der Waals surface area contributed by atoms with E-state index in [1.807, 2.05) is 42.5 Å². The molecule has 0 unspecified atom stereocenters. The number of esters is 2. The molecule has 4 nitrogen and oxygen atoms in total. The van der Waals surface area contributed by atoms with Gasteiger partial charge in [0.2, 0.25) is 0 Å². The van der Waals surface area contributed by atoms with Gasteiger partial charge in [-0.15, -0.1) is 0 Å². The summed E-state index contributed by atoms with van der Waals surface area (Å²) in [6, 6.07) is 15.2. The first kappa shape index (κ1) is 16.0. The number of fused-ring (bicyclic) bond motifs is 3. The SMILES string of the molecule is CCOC(=O)c1ccc2c(ccc3ccccc32)c1C(=O)OCC. The fourth-order valence-corrected chi connectivity index (χ4v) is 2.89. The van der Waals surface area contributed by atoms with Crippen LogP contribution in [0.2, 0.25) is 0 Å². The second kappa shape index (κ2) is 6.71. The minimum absolute atomic E-state index is 0.234. The molecule has 0 radical (unpaired) electrons. The van der Waals surface area contributed by atoms with Gasteiger partial charge >= 0.3 is 11.9 Å². The maximum Gasteiger partial charge on any atom is 0.339 e. The summed E-state index contributed by atoms with van der Waals surface area (Å²) in [6.45, 7) is 3.96. The Morgan fingerprint density at radius 2 is 1.42 bits per heavy atom. The van der Waals surface area contributed by atoms with E-state index in [-0.39, 0.29) is 24.3 Å². The number of carbonyl (C=O) groups excluding carboxylic acids is 2. The van der Waals surface area contributed by atoms with Gasteiger partial charge in [-0.1, -0.05) is 42.5 Å². The van der Waals surface area contributed by atoms with Crippen LogP contribution in [0.3, 0.4) is 0 Å². The first-order chi connectivity index (χ1) is 11.7. The van der Waals surface area contributed by atoms with E-state index in [9.17, 15) is 9.59 Å². The summed E-state index contributed by atoms with van der Waals surface area (Å²) in [7, 11) is 0. The van der Waals surface area contributed by atoms with E-state index in [1.54, 1.807) is 19.9 Å². The summed E-state index contributed by atoms with van der Waals surface area (Å²) in [5.74, 6) is -1.03. The number of hydrogen-bond acceptors (Lipinski definition) is 4. The maximum absolute atomic E-state index is 12.5. The molecule has 0 bridgehead atoms. The molecule has 0 atom stereocenters. The van der Waals surface area contributed by atoms with Gasteiger partial charge in [-0.25, -0.2) is 9.59 Å². The highest BCUT2D eigenvalue weighted by atomic mass is 16.5. The van der Waals surface area contributed by atoms with Crippen molar-refractivity contribution in [3.63, 3.8) is 0 Å². The Morgan fingerprint density at radius 3 is 2.17 bits per heavy atom. The maximum atomic E-state index is 12.5. The molecule has 24 heavy (non-hydrogen) atoms. The van der Waals surface area contributed by atoms with Crippen molar-refractivity contribution in [1.82, 2.24) is 0 Å². The predicted octanol–water partition coefficient (Wildman–Crippen LogP) is 4.35. The molecule has 0 saturated carbocycles. The van der Waals surface area contributed by atoms with Gasteiger partial charge in [-0.3, -0.25) is 0 Å². The molecular weight excluding hydrogens is 304 g/mol. The Bertz CT molecular complexity index is 927. The summed E-state index contributed by atoms with van der Waals surface area (Å²) < 4.78 is 10.3. The van der Waals surface area contributed by atoms with E-state index in [0.29, 0.717) is 5.39 Å². The molecule has 3 rings (SSSR count). The van der Waals surface area contributed by atoms with Gasteiger partial charge < -0.3 is 9.47 Å².